The van der Waals surface area contributed by atoms with E-state index in [0.29, 0.717) is 5.92 Å². The number of anilines is 2. The van der Waals surface area contributed by atoms with Gasteiger partial charge in [-0.25, -0.2) is 0 Å². The highest BCUT2D eigenvalue weighted by Crippen LogP contribution is 2.65. The lowest BCUT2D eigenvalue weighted by Gasteiger charge is -2.46. The Morgan fingerprint density at radius 3 is 2.21 bits per heavy atom. The quantitative estimate of drug-likeness (QED) is 0.213. The SMILES string of the molecule is CC1C(c2ccccc2)N=CC1n1c2c(c3ccccc31)C1c3ccccc3N(c3ccccc3)C1(C)c1ccccc1-2. The van der Waals surface area contributed by atoms with E-state index in [1.807, 2.05) is 0 Å². The van der Waals surface area contributed by atoms with Gasteiger partial charge in [-0.1, -0.05) is 116 Å². The highest BCUT2D eigenvalue weighted by molar-refractivity contribution is 5.99. The molecule has 6 aromatic rings. The molecule has 2 aliphatic heterocycles. The van der Waals surface area contributed by atoms with Gasteiger partial charge in [0.05, 0.1) is 23.3 Å². The van der Waals surface area contributed by atoms with E-state index in [-0.39, 0.29) is 23.5 Å². The number of nitrogens with zero attached hydrogens (tertiary/aromatic N) is 3. The second kappa shape index (κ2) is 9.05. The molecule has 0 bridgehead atoms. The predicted molar refractivity (Wildman–Crippen MR) is 177 cm³/mol. The van der Waals surface area contributed by atoms with Crippen molar-refractivity contribution in [3.05, 3.63) is 156 Å². The van der Waals surface area contributed by atoms with Gasteiger partial charge in [-0.3, -0.25) is 4.99 Å². The first kappa shape index (κ1) is 24.7. The van der Waals surface area contributed by atoms with Crippen LogP contribution in [-0.2, 0) is 5.54 Å². The van der Waals surface area contributed by atoms with Gasteiger partial charge in [-0.15, -0.1) is 0 Å². The van der Waals surface area contributed by atoms with Crippen LogP contribution in [0.3, 0.4) is 0 Å². The molecule has 1 aromatic heterocycles. The predicted octanol–water partition coefficient (Wildman–Crippen LogP) is 9.82. The van der Waals surface area contributed by atoms with E-state index in [2.05, 4.69) is 163 Å². The number of aliphatic imine (C=N–C) groups is 1. The summed E-state index contributed by atoms with van der Waals surface area (Å²) in [7, 11) is 0. The van der Waals surface area contributed by atoms with E-state index in [0.717, 1.165) is 0 Å². The lowest BCUT2D eigenvalue weighted by atomic mass is 9.67. The Morgan fingerprint density at radius 1 is 0.698 bits per heavy atom. The minimum absolute atomic E-state index is 0.146. The van der Waals surface area contributed by atoms with Crippen LogP contribution in [0.4, 0.5) is 11.4 Å². The molecular formula is C40H33N3. The summed E-state index contributed by atoms with van der Waals surface area (Å²) in [6, 6.07) is 49.3. The van der Waals surface area contributed by atoms with Crippen molar-refractivity contribution < 1.29 is 0 Å². The highest BCUT2D eigenvalue weighted by atomic mass is 15.2. The van der Waals surface area contributed by atoms with E-state index < -0.39 is 0 Å². The summed E-state index contributed by atoms with van der Waals surface area (Å²) in [5, 5.41) is 1.34. The van der Waals surface area contributed by atoms with Crippen molar-refractivity contribution in [3.63, 3.8) is 0 Å². The third-order valence-corrected chi connectivity index (χ3v) is 10.4. The molecule has 208 valence electrons. The topological polar surface area (TPSA) is 20.5 Å². The van der Waals surface area contributed by atoms with Crippen molar-refractivity contribution in [1.29, 1.82) is 0 Å². The zero-order chi connectivity index (χ0) is 28.7. The molecular weight excluding hydrogens is 522 g/mol. The van der Waals surface area contributed by atoms with Gasteiger partial charge in [0.1, 0.15) is 0 Å². The molecule has 0 radical (unpaired) electrons. The lowest BCUT2D eigenvalue weighted by Crippen LogP contribution is -2.43. The molecule has 0 saturated heterocycles. The van der Waals surface area contributed by atoms with Crippen molar-refractivity contribution in [2.75, 3.05) is 4.90 Å². The first-order valence-electron chi connectivity index (χ1n) is 15.4. The monoisotopic (exact) mass is 555 g/mol. The van der Waals surface area contributed by atoms with Crippen LogP contribution in [-0.4, -0.2) is 10.8 Å². The summed E-state index contributed by atoms with van der Waals surface area (Å²) in [4.78, 5) is 7.75. The molecule has 0 spiro atoms. The van der Waals surface area contributed by atoms with Crippen molar-refractivity contribution in [3.8, 4) is 11.3 Å². The number of para-hydroxylation sites is 3. The molecule has 1 aliphatic carbocycles. The average molecular weight is 556 g/mol. The van der Waals surface area contributed by atoms with E-state index >= 15 is 0 Å². The van der Waals surface area contributed by atoms with E-state index in [1.54, 1.807) is 0 Å². The summed E-state index contributed by atoms with van der Waals surface area (Å²) < 4.78 is 2.63. The van der Waals surface area contributed by atoms with Gasteiger partial charge in [0, 0.05) is 45.9 Å². The van der Waals surface area contributed by atoms with Gasteiger partial charge in [-0.2, -0.15) is 0 Å². The number of fused-ring (bicyclic) bond motifs is 10. The van der Waals surface area contributed by atoms with Crippen molar-refractivity contribution in [1.82, 2.24) is 4.57 Å². The van der Waals surface area contributed by atoms with Crippen molar-refractivity contribution >= 4 is 28.5 Å². The zero-order valence-corrected chi connectivity index (χ0v) is 24.4. The summed E-state index contributed by atoms with van der Waals surface area (Å²) in [6.45, 7) is 4.83. The van der Waals surface area contributed by atoms with E-state index in [1.165, 1.54) is 55.8 Å². The van der Waals surface area contributed by atoms with Crippen LogP contribution in [0, 0.1) is 5.92 Å². The maximum atomic E-state index is 5.15. The third kappa shape index (κ3) is 3.22. The number of hydrogen-bond donors (Lipinski definition) is 0. The molecule has 0 N–H and O–H groups in total. The molecule has 3 heterocycles. The van der Waals surface area contributed by atoms with Crippen LogP contribution >= 0.6 is 0 Å². The molecule has 5 aromatic carbocycles. The maximum Gasteiger partial charge on any atom is 0.0795 e. The van der Waals surface area contributed by atoms with Crippen LogP contribution < -0.4 is 4.90 Å². The van der Waals surface area contributed by atoms with Gasteiger partial charge in [0.15, 0.2) is 0 Å². The Balaban J connectivity index is 1.34. The van der Waals surface area contributed by atoms with Crippen LogP contribution in [0.1, 0.15) is 54.1 Å². The average Bonchev–Trinajstić information content (AvgIpc) is 3.69. The van der Waals surface area contributed by atoms with Crippen LogP contribution in [0.2, 0.25) is 0 Å². The number of aromatic nitrogens is 1. The van der Waals surface area contributed by atoms with Gasteiger partial charge in [-0.05, 0) is 53.4 Å². The smallest absolute Gasteiger partial charge is 0.0795 e. The fourth-order valence-corrected chi connectivity index (χ4v) is 8.59. The summed E-state index contributed by atoms with van der Waals surface area (Å²) in [5.41, 5.74) is 11.7. The van der Waals surface area contributed by atoms with Gasteiger partial charge >= 0.3 is 0 Å². The largest absolute Gasteiger partial charge is 0.331 e. The summed E-state index contributed by atoms with van der Waals surface area (Å²) >= 11 is 0. The van der Waals surface area contributed by atoms with Crippen LogP contribution in [0.15, 0.2) is 138 Å². The maximum absolute atomic E-state index is 5.15. The minimum Gasteiger partial charge on any atom is -0.331 e. The van der Waals surface area contributed by atoms with Gasteiger partial charge in [0.2, 0.25) is 0 Å². The standard InChI is InChI=1S/C40H33N3/c1-26-35(25-41-38(26)27-15-5-3-6-16-27)42-33-23-13-10-20-30(33)36-37-31-21-11-14-24-34(31)43(28-17-7-4-8-18-28)40(37,2)32-22-12-9-19-29(32)39(36)42/h3-26,35,37-38H,1-2H3. The molecule has 0 saturated carbocycles. The molecule has 3 heteroatoms. The summed E-state index contributed by atoms with van der Waals surface area (Å²) in [5.74, 6) is 0.484. The molecule has 9 rings (SSSR count). The minimum atomic E-state index is -0.300. The molecule has 0 amide bonds. The normalized spacial score (nSPS) is 24.9. The molecule has 5 unspecified atom stereocenters. The van der Waals surface area contributed by atoms with Crippen LogP contribution in [0.5, 0.6) is 0 Å². The zero-order valence-electron chi connectivity index (χ0n) is 24.4. The molecule has 5 atom stereocenters. The Labute approximate surface area is 252 Å². The van der Waals surface area contributed by atoms with Crippen LogP contribution in [0.25, 0.3) is 22.2 Å². The Morgan fingerprint density at radius 2 is 1.37 bits per heavy atom. The lowest BCUT2D eigenvalue weighted by molar-refractivity contribution is 0.415. The Bertz CT molecular complexity index is 2040. The fourth-order valence-electron chi connectivity index (χ4n) is 8.59. The molecule has 3 aliphatic rings. The number of benzene rings is 5. The van der Waals surface area contributed by atoms with Gasteiger partial charge < -0.3 is 9.47 Å². The fraction of sp³-hybridized carbons (Fsp3) is 0.175. The molecule has 43 heavy (non-hydrogen) atoms. The second-order valence-corrected chi connectivity index (χ2v) is 12.5. The Kier molecular flexibility index (Phi) is 5.20. The van der Waals surface area contributed by atoms with Crippen molar-refractivity contribution in [2.24, 2.45) is 10.9 Å². The number of hydrogen-bond acceptors (Lipinski definition) is 2. The Hall–Kier alpha value is -4.89. The van der Waals surface area contributed by atoms with Gasteiger partial charge in [0.25, 0.3) is 0 Å². The van der Waals surface area contributed by atoms with Crippen molar-refractivity contribution in [2.45, 2.75) is 37.4 Å². The van der Waals surface area contributed by atoms with E-state index in [9.17, 15) is 0 Å². The first-order chi connectivity index (χ1) is 21.2. The third-order valence-electron chi connectivity index (χ3n) is 10.4. The molecule has 3 nitrogen and oxygen atoms in total. The second-order valence-electron chi connectivity index (χ2n) is 12.5. The number of rotatable bonds is 3. The molecule has 0 fully saturated rings. The van der Waals surface area contributed by atoms with E-state index in [4.69, 9.17) is 4.99 Å². The highest BCUT2D eigenvalue weighted by Gasteiger charge is 2.56. The summed E-state index contributed by atoms with van der Waals surface area (Å²) in [6.07, 6.45) is 2.23. The first-order valence-corrected chi connectivity index (χ1v) is 15.4.